The van der Waals surface area contributed by atoms with Crippen LogP contribution in [0.2, 0.25) is 0 Å². The molecule has 1 N–H and O–H groups in total. The molecule has 0 unspecified atom stereocenters. The van der Waals surface area contributed by atoms with Crippen molar-refractivity contribution in [1.82, 2.24) is 14.5 Å². The van der Waals surface area contributed by atoms with E-state index in [9.17, 15) is 4.79 Å². The minimum atomic E-state index is -0.165. The third-order valence-electron chi connectivity index (χ3n) is 2.79. The summed E-state index contributed by atoms with van der Waals surface area (Å²) in [4.78, 5) is 20.2. The van der Waals surface area contributed by atoms with E-state index in [2.05, 4.69) is 15.3 Å². The van der Waals surface area contributed by atoms with Gasteiger partial charge in [0.25, 0.3) is 5.91 Å². The maximum absolute atomic E-state index is 11.9. The number of nitrogens with zero attached hydrogens (tertiary/aromatic N) is 3. The lowest BCUT2D eigenvalue weighted by Gasteiger charge is -2.01. The van der Waals surface area contributed by atoms with Crippen molar-refractivity contribution in [3.8, 4) is 0 Å². The predicted octanol–water partition coefficient (Wildman–Crippen LogP) is 2.01. The Morgan fingerprint density at radius 3 is 3.06 bits per heavy atom. The van der Waals surface area contributed by atoms with Crippen molar-refractivity contribution in [2.24, 2.45) is 7.05 Å². The van der Waals surface area contributed by atoms with E-state index in [1.54, 1.807) is 24.1 Å². The van der Waals surface area contributed by atoms with Gasteiger partial charge in [-0.1, -0.05) is 0 Å². The Kier molecular flexibility index (Phi) is 2.44. The van der Waals surface area contributed by atoms with Gasteiger partial charge in [-0.2, -0.15) is 0 Å². The number of rotatable bonds is 3. The molecule has 0 atom stereocenters. The maximum atomic E-state index is 11.9. The largest absolute Gasteiger partial charge is 0.330 e. The highest BCUT2D eigenvalue weighted by molar-refractivity contribution is 7.14. The molecule has 0 saturated heterocycles. The molecular weight excluding hydrogens is 236 g/mol. The second kappa shape index (κ2) is 3.96. The van der Waals surface area contributed by atoms with Crippen LogP contribution in [-0.2, 0) is 7.05 Å². The molecule has 2 aromatic heterocycles. The molecular formula is C11H12N4OS. The molecule has 0 radical (unpaired) electrons. The molecule has 0 spiro atoms. The van der Waals surface area contributed by atoms with Crippen LogP contribution in [0.25, 0.3) is 0 Å². The predicted molar refractivity (Wildman–Crippen MR) is 65.3 cm³/mol. The fourth-order valence-corrected chi connectivity index (χ4v) is 2.43. The first-order valence-corrected chi connectivity index (χ1v) is 6.35. The lowest BCUT2D eigenvalue weighted by molar-refractivity contribution is 0.101. The number of amides is 1. The minimum absolute atomic E-state index is 0.165. The number of hydrogen-bond donors (Lipinski definition) is 1. The molecule has 5 nitrogen and oxygen atoms in total. The van der Waals surface area contributed by atoms with Crippen LogP contribution in [0.5, 0.6) is 0 Å². The SMILES string of the molecule is Cn1cncc1C(=O)Nc1nc(C2CC2)cs1. The van der Waals surface area contributed by atoms with Crippen LogP contribution in [0.4, 0.5) is 5.13 Å². The zero-order valence-electron chi connectivity index (χ0n) is 9.38. The van der Waals surface area contributed by atoms with Crippen molar-refractivity contribution in [1.29, 1.82) is 0 Å². The van der Waals surface area contributed by atoms with Crippen LogP contribution in [-0.4, -0.2) is 20.4 Å². The number of aryl methyl sites for hydroxylation is 1. The van der Waals surface area contributed by atoms with Gasteiger partial charge in [0.2, 0.25) is 0 Å². The van der Waals surface area contributed by atoms with E-state index in [-0.39, 0.29) is 5.91 Å². The summed E-state index contributed by atoms with van der Waals surface area (Å²) in [7, 11) is 1.79. The molecule has 17 heavy (non-hydrogen) atoms. The third kappa shape index (κ3) is 2.08. The number of imidazole rings is 1. The van der Waals surface area contributed by atoms with Gasteiger partial charge in [0.1, 0.15) is 5.69 Å². The van der Waals surface area contributed by atoms with Gasteiger partial charge < -0.3 is 4.57 Å². The van der Waals surface area contributed by atoms with Gasteiger partial charge in [-0.15, -0.1) is 11.3 Å². The number of thiazole rings is 1. The quantitative estimate of drug-likeness (QED) is 0.903. The van der Waals surface area contributed by atoms with E-state index in [0.717, 1.165) is 5.69 Å². The average Bonchev–Trinajstić information content (AvgIpc) is 2.90. The van der Waals surface area contributed by atoms with Crippen molar-refractivity contribution < 1.29 is 4.79 Å². The monoisotopic (exact) mass is 248 g/mol. The molecule has 88 valence electrons. The van der Waals surface area contributed by atoms with E-state index in [4.69, 9.17) is 0 Å². The van der Waals surface area contributed by atoms with Crippen molar-refractivity contribution in [2.45, 2.75) is 18.8 Å². The molecule has 1 fully saturated rings. The standard InChI is InChI=1S/C11H12N4OS/c1-15-6-12-4-9(15)10(16)14-11-13-8(5-17-11)7-2-3-7/h4-7H,2-3H2,1H3,(H,13,14,16). The second-order valence-corrected chi connectivity index (χ2v) is 5.05. The molecule has 1 aliphatic carbocycles. The molecule has 3 rings (SSSR count). The second-order valence-electron chi connectivity index (χ2n) is 4.20. The highest BCUT2D eigenvalue weighted by Gasteiger charge is 2.26. The molecule has 0 aliphatic heterocycles. The lowest BCUT2D eigenvalue weighted by Crippen LogP contribution is -2.15. The fourth-order valence-electron chi connectivity index (χ4n) is 1.65. The van der Waals surface area contributed by atoms with Crippen molar-refractivity contribution in [2.75, 3.05) is 5.32 Å². The summed E-state index contributed by atoms with van der Waals surface area (Å²) in [6, 6.07) is 0. The molecule has 2 heterocycles. The fraction of sp³-hybridized carbons (Fsp3) is 0.364. The van der Waals surface area contributed by atoms with Gasteiger partial charge in [-0.25, -0.2) is 9.97 Å². The first-order chi connectivity index (χ1) is 8.24. The number of hydrogen-bond acceptors (Lipinski definition) is 4. The van der Waals surface area contributed by atoms with Gasteiger partial charge in [-0.3, -0.25) is 10.1 Å². The minimum Gasteiger partial charge on any atom is -0.330 e. The molecule has 0 bridgehead atoms. The van der Waals surface area contributed by atoms with E-state index < -0.39 is 0 Å². The summed E-state index contributed by atoms with van der Waals surface area (Å²) in [5.41, 5.74) is 1.64. The molecule has 1 amide bonds. The summed E-state index contributed by atoms with van der Waals surface area (Å²) in [5.74, 6) is 0.454. The van der Waals surface area contributed by atoms with Crippen molar-refractivity contribution in [3.63, 3.8) is 0 Å². The van der Waals surface area contributed by atoms with Gasteiger partial charge >= 0.3 is 0 Å². The zero-order chi connectivity index (χ0) is 11.8. The first kappa shape index (κ1) is 10.5. The van der Waals surface area contributed by atoms with Crippen LogP contribution >= 0.6 is 11.3 Å². The summed E-state index contributed by atoms with van der Waals surface area (Å²) < 4.78 is 1.69. The first-order valence-electron chi connectivity index (χ1n) is 5.47. The van der Waals surface area contributed by atoms with E-state index in [1.807, 2.05) is 5.38 Å². The molecule has 1 aliphatic rings. The Hall–Kier alpha value is -1.69. The van der Waals surface area contributed by atoms with Gasteiger partial charge in [-0.05, 0) is 12.8 Å². The highest BCUT2D eigenvalue weighted by atomic mass is 32.1. The number of anilines is 1. The van der Waals surface area contributed by atoms with Crippen molar-refractivity contribution in [3.05, 3.63) is 29.3 Å². The zero-order valence-corrected chi connectivity index (χ0v) is 10.2. The van der Waals surface area contributed by atoms with E-state index in [0.29, 0.717) is 16.7 Å². The third-order valence-corrected chi connectivity index (χ3v) is 3.56. The molecule has 0 aromatic carbocycles. The Balaban J connectivity index is 1.73. The number of aromatic nitrogens is 3. The lowest BCUT2D eigenvalue weighted by atomic mass is 10.3. The average molecular weight is 248 g/mol. The summed E-state index contributed by atoms with van der Waals surface area (Å²) in [6.07, 6.45) is 5.59. The Labute approximate surface area is 103 Å². The molecule has 1 saturated carbocycles. The number of carbonyl (C=O) groups is 1. The number of carbonyl (C=O) groups excluding carboxylic acids is 1. The number of nitrogens with one attached hydrogen (secondary N) is 1. The normalized spacial score (nSPS) is 14.9. The Morgan fingerprint density at radius 1 is 1.59 bits per heavy atom. The summed E-state index contributed by atoms with van der Waals surface area (Å²) in [6.45, 7) is 0. The topological polar surface area (TPSA) is 59.8 Å². The molecule has 2 aromatic rings. The van der Waals surface area contributed by atoms with Gasteiger partial charge in [0.05, 0.1) is 18.2 Å². The van der Waals surface area contributed by atoms with E-state index in [1.165, 1.54) is 24.2 Å². The summed E-state index contributed by atoms with van der Waals surface area (Å²) in [5, 5.41) is 5.49. The Morgan fingerprint density at radius 2 is 2.41 bits per heavy atom. The van der Waals surface area contributed by atoms with Crippen LogP contribution in [0.3, 0.4) is 0 Å². The summed E-state index contributed by atoms with van der Waals surface area (Å²) >= 11 is 1.48. The van der Waals surface area contributed by atoms with Crippen molar-refractivity contribution >= 4 is 22.4 Å². The van der Waals surface area contributed by atoms with Crippen LogP contribution in [0.1, 0.15) is 34.9 Å². The maximum Gasteiger partial charge on any atom is 0.275 e. The van der Waals surface area contributed by atoms with Gasteiger partial charge in [0, 0.05) is 18.3 Å². The van der Waals surface area contributed by atoms with Gasteiger partial charge in [0.15, 0.2) is 5.13 Å². The smallest absolute Gasteiger partial charge is 0.275 e. The van der Waals surface area contributed by atoms with E-state index >= 15 is 0 Å². The highest BCUT2D eigenvalue weighted by Crippen LogP contribution is 2.40. The Bertz CT molecular complexity index is 555. The molecule has 6 heteroatoms. The van der Waals surface area contributed by atoms with Crippen LogP contribution in [0.15, 0.2) is 17.9 Å². The van der Waals surface area contributed by atoms with Crippen LogP contribution in [0, 0.1) is 0 Å². The van der Waals surface area contributed by atoms with Crippen LogP contribution < -0.4 is 5.32 Å².